The van der Waals surface area contributed by atoms with Gasteiger partial charge in [0.05, 0.1) is 12.9 Å². The number of rotatable bonds is 3. The summed E-state index contributed by atoms with van der Waals surface area (Å²) in [5.74, 6) is -0.379. The van der Waals surface area contributed by atoms with Gasteiger partial charge >= 0.3 is 0 Å². The molecule has 0 spiro atoms. The summed E-state index contributed by atoms with van der Waals surface area (Å²) in [6, 6.07) is 2.46. The monoisotopic (exact) mass is 354 g/mol. The molecular formula is C16H18O9. The van der Waals surface area contributed by atoms with Gasteiger partial charge in [-0.1, -0.05) is 0 Å². The third-order valence-corrected chi connectivity index (χ3v) is 4.10. The summed E-state index contributed by atoms with van der Waals surface area (Å²) < 4.78 is 15.9. The second kappa shape index (κ2) is 6.62. The molecule has 2 heterocycles. The summed E-state index contributed by atoms with van der Waals surface area (Å²) in [7, 11) is 0. The summed E-state index contributed by atoms with van der Waals surface area (Å²) in [4.78, 5) is 12.0. The Morgan fingerprint density at radius 2 is 1.88 bits per heavy atom. The van der Waals surface area contributed by atoms with E-state index in [0.717, 1.165) is 6.07 Å². The van der Waals surface area contributed by atoms with Crippen LogP contribution < -0.4 is 10.2 Å². The molecule has 1 aliphatic rings. The van der Waals surface area contributed by atoms with Crippen molar-refractivity contribution in [1.29, 1.82) is 0 Å². The van der Waals surface area contributed by atoms with Crippen molar-refractivity contribution in [2.45, 2.75) is 37.6 Å². The Balaban J connectivity index is 1.93. The number of hydrogen-bond acceptors (Lipinski definition) is 9. The molecule has 136 valence electrons. The normalized spacial score (nSPS) is 29.7. The van der Waals surface area contributed by atoms with Crippen LogP contribution in [-0.4, -0.2) is 62.8 Å². The Labute approximate surface area is 141 Å². The number of aliphatic hydroxyl groups is 4. The lowest BCUT2D eigenvalue weighted by Gasteiger charge is -2.39. The average molecular weight is 354 g/mol. The zero-order chi connectivity index (χ0) is 18.3. The lowest BCUT2D eigenvalue weighted by atomic mass is 9.99. The van der Waals surface area contributed by atoms with E-state index in [9.17, 15) is 25.2 Å². The third kappa shape index (κ3) is 3.08. The molecule has 0 amide bonds. The molecule has 0 saturated carbocycles. The van der Waals surface area contributed by atoms with Gasteiger partial charge in [-0.15, -0.1) is 0 Å². The Kier molecular flexibility index (Phi) is 4.67. The van der Waals surface area contributed by atoms with E-state index in [-0.39, 0.29) is 22.5 Å². The highest BCUT2D eigenvalue weighted by molar-refractivity contribution is 5.85. The van der Waals surface area contributed by atoms with Gasteiger partial charge in [0, 0.05) is 17.7 Å². The minimum Gasteiger partial charge on any atom is -0.507 e. The van der Waals surface area contributed by atoms with Crippen LogP contribution >= 0.6 is 0 Å². The van der Waals surface area contributed by atoms with Crippen molar-refractivity contribution in [3.63, 3.8) is 0 Å². The molecule has 0 radical (unpaired) electrons. The number of ether oxygens (including phenoxy) is 2. The van der Waals surface area contributed by atoms with Crippen molar-refractivity contribution < 1.29 is 39.4 Å². The minimum atomic E-state index is -1.60. The molecule has 5 N–H and O–H groups in total. The van der Waals surface area contributed by atoms with E-state index in [1.165, 1.54) is 12.3 Å². The Morgan fingerprint density at radius 1 is 1.16 bits per heavy atom. The number of aliphatic hydroxyl groups excluding tert-OH is 4. The average Bonchev–Trinajstić information content (AvgIpc) is 2.58. The molecule has 9 heteroatoms. The summed E-state index contributed by atoms with van der Waals surface area (Å²) >= 11 is 0. The fourth-order valence-electron chi connectivity index (χ4n) is 2.67. The number of aryl methyl sites for hydroxylation is 1. The molecule has 1 saturated heterocycles. The molecule has 25 heavy (non-hydrogen) atoms. The summed E-state index contributed by atoms with van der Waals surface area (Å²) in [5, 5.41) is 48.7. The second-order valence-corrected chi connectivity index (χ2v) is 5.88. The number of phenols is 1. The highest BCUT2D eigenvalue weighted by Gasteiger charge is 2.44. The maximum absolute atomic E-state index is 12.0. The third-order valence-electron chi connectivity index (χ3n) is 4.10. The van der Waals surface area contributed by atoms with Gasteiger partial charge in [-0.3, -0.25) is 4.79 Å². The topological polar surface area (TPSA) is 150 Å². The molecule has 1 aromatic carbocycles. The summed E-state index contributed by atoms with van der Waals surface area (Å²) in [5.41, 5.74) is -0.00117. The second-order valence-electron chi connectivity index (χ2n) is 5.88. The molecule has 5 atom stereocenters. The zero-order valence-electron chi connectivity index (χ0n) is 13.2. The first-order chi connectivity index (χ1) is 11.8. The van der Waals surface area contributed by atoms with Crippen LogP contribution in [0.1, 0.15) is 5.56 Å². The fourth-order valence-corrected chi connectivity index (χ4v) is 2.67. The summed E-state index contributed by atoms with van der Waals surface area (Å²) in [6.07, 6.45) is -6.00. The van der Waals surface area contributed by atoms with Gasteiger partial charge in [0.25, 0.3) is 0 Å². The molecule has 9 nitrogen and oxygen atoms in total. The van der Waals surface area contributed by atoms with Crippen LogP contribution in [0.3, 0.4) is 0 Å². The van der Waals surface area contributed by atoms with Crippen LogP contribution in [0.4, 0.5) is 0 Å². The first-order valence-electron chi connectivity index (χ1n) is 7.55. The number of phenolic OH excluding ortho intramolecular Hbond substituents is 1. The smallest absolute Gasteiger partial charge is 0.229 e. The highest BCUT2D eigenvalue weighted by atomic mass is 16.7. The van der Waals surface area contributed by atoms with Gasteiger partial charge in [0.1, 0.15) is 46.9 Å². The van der Waals surface area contributed by atoms with Gasteiger partial charge in [0.15, 0.2) is 5.43 Å². The van der Waals surface area contributed by atoms with E-state index in [4.69, 9.17) is 19.0 Å². The maximum Gasteiger partial charge on any atom is 0.229 e. The first-order valence-corrected chi connectivity index (χ1v) is 7.55. The maximum atomic E-state index is 12.0. The van der Waals surface area contributed by atoms with Crippen molar-refractivity contribution in [2.75, 3.05) is 6.61 Å². The van der Waals surface area contributed by atoms with E-state index < -0.39 is 42.7 Å². The number of hydrogen-bond donors (Lipinski definition) is 5. The molecule has 3 rings (SSSR count). The van der Waals surface area contributed by atoms with Crippen molar-refractivity contribution in [3.05, 3.63) is 34.2 Å². The Bertz CT molecular complexity index is 828. The molecule has 0 bridgehead atoms. The van der Waals surface area contributed by atoms with Crippen molar-refractivity contribution in [3.8, 4) is 11.5 Å². The van der Waals surface area contributed by atoms with Gasteiger partial charge in [-0.25, -0.2) is 0 Å². The Morgan fingerprint density at radius 3 is 2.56 bits per heavy atom. The van der Waals surface area contributed by atoms with Crippen molar-refractivity contribution >= 4 is 11.0 Å². The highest BCUT2D eigenvalue weighted by Crippen LogP contribution is 2.31. The van der Waals surface area contributed by atoms with Crippen LogP contribution in [-0.2, 0) is 4.74 Å². The van der Waals surface area contributed by atoms with Crippen molar-refractivity contribution in [1.82, 2.24) is 0 Å². The largest absolute Gasteiger partial charge is 0.507 e. The lowest BCUT2D eigenvalue weighted by Crippen LogP contribution is -2.60. The van der Waals surface area contributed by atoms with Crippen molar-refractivity contribution in [2.24, 2.45) is 0 Å². The van der Waals surface area contributed by atoms with E-state index in [1.807, 2.05) is 0 Å². The van der Waals surface area contributed by atoms with Crippen LogP contribution in [0, 0.1) is 6.92 Å². The van der Waals surface area contributed by atoms with E-state index in [1.54, 1.807) is 6.92 Å². The van der Waals surface area contributed by atoms with Gasteiger partial charge in [-0.05, 0) is 6.92 Å². The minimum absolute atomic E-state index is 0.00123. The molecule has 1 aliphatic heterocycles. The van der Waals surface area contributed by atoms with Crippen LogP contribution in [0.25, 0.3) is 11.0 Å². The van der Waals surface area contributed by atoms with Crippen LogP contribution in [0.5, 0.6) is 11.5 Å². The molecule has 5 unspecified atom stereocenters. The molecule has 1 fully saturated rings. The Hall–Kier alpha value is -2.17. The van der Waals surface area contributed by atoms with E-state index in [0.29, 0.717) is 5.56 Å². The van der Waals surface area contributed by atoms with E-state index >= 15 is 0 Å². The molecule has 1 aromatic heterocycles. The summed E-state index contributed by atoms with van der Waals surface area (Å²) in [6.45, 7) is 0.949. The number of aromatic hydroxyl groups is 1. The molecular weight excluding hydrogens is 336 g/mol. The number of fused-ring (bicyclic) bond motifs is 1. The lowest BCUT2D eigenvalue weighted by molar-refractivity contribution is -0.277. The quantitative estimate of drug-likeness (QED) is 0.467. The zero-order valence-corrected chi connectivity index (χ0v) is 13.2. The van der Waals surface area contributed by atoms with Gasteiger partial charge in [0.2, 0.25) is 6.29 Å². The standard InChI is InChI=1S/C16H18O9/c1-6-5-23-9-3-7(2-8(18)11(9)12(6)19)24-16-15(22)14(21)13(20)10(4-17)25-16/h2-3,5,10,13-18,20-22H,4H2,1H3. The van der Waals surface area contributed by atoms with Gasteiger partial charge < -0.3 is 39.4 Å². The SMILES string of the molecule is Cc1coc2cc(OC3OC(CO)C(O)C(O)C3O)cc(O)c2c1=O. The fraction of sp³-hybridized carbons (Fsp3) is 0.438. The van der Waals surface area contributed by atoms with Gasteiger partial charge in [-0.2, -0.15) is 0 Å². The predicted molar refractivity (Wildman–Crippen MR) is 83.3 cm³/mol. The van der Waals surface area contributed by atoms with E-state index in [2.05, 4.69) is 0 Å². The molecule has 2 aromatic rings. The van der Waals surface area contributed by atoms with Crippen LogP contribution in [0.15, 0.2) is 27.6 Å². The number of benzene rings is 1. The predicted octanol–water partition coefficient (Wildman–Crippen LogP) is -1.01. The molecule has 0 aliphatic carbocycles. The first kappa shape index (κ1) is 17.6. The van der Waals surface area contributed by atoms with Crippen LogP contribution in [0.2, 0.25) is 0 Å².